The number of carbonyl (C=O) groups excluding carboxylic acids is 1. The number of carbonyl (C=O) groups is 1. The Morgan fingerprint density at radius 1 is 1.35 bits per heavy atom. The minimum Gasteiger partial charge on any atom is -0.466 e. The molecule has 20 heavy (non-hydrogen) atoms. The van der Waals surface area contributed by atoms with Gasteiger partial charge in [0.1, 0.15) is 0 Å². The fourth-order valence-corrected chi connectivity index (χ4v) is 1.90. The molecule has 0 aromatic heterocycles. The van der Waals surface area contributed by atoms with Gasteiger partial charge in [0.15, 0.2) is 0 Å². The summed E-state index contributed by atoms with van der Waals surface area (Å²) in [5.41, 5.74) is 5.26. The van der Waals surface area contributed by atoms with E-state index in [1.807, 2.05) is 0 Å². The summed E-state index contributed by atoms with van der Waals surface area (Å²) in [6.07, 6.45) is -3.90. The lowest BCUT2D eigenvalue weighted by Crippen LogP contribution is -2.25. The molecule has 1 rings (SSSR count). The predicted molar refractivity (Wildman–Crippen MR) is 69.0 cm³/mol. The largest absolute Gasteiger partial charge is 0.466 e. The summed E-state index contributed by atoms with van der Waals surface area (Å²) in [4.78, 5) is 11.2. The van der Waals surface area contributed by atoms with Gasteiger partial charge in [-0.25, -0.2) is 0 Å². The molecule has 1 aromatic carbocycles. The van der Waals surface area contributed by atoms with E-state index in [0.717, 1.165) is 6.07 Å². The topological polar surface area (TPSA) is 52.3 Å². The van der Waals surface area contributed by atoms with Crippen LogP contribution in [-0.4, -0.2) is 18.6 Å². The molecule has 0 saturated carbocycles. The third-order valence-electron chi connectivity index (χ3n) is 2.83. The first-order valence-corrected chi connectivity index (χ1v) is 6.41. The van der Waals surface area contributed by atoms with Gasteiger partial charge < -0.3 is 10.5 Å². The Morgan fingerprint density at radius 3 is 2.60 bits per heavy atom. The average molecular weight is 289 g/mol. The van der Waals surface area contributed by atoms with E-state index >= 15 is 0 Å². The summed E-state index contributed by atoms with van der Waals surface area (Å²) in [7, 11) is 0. The van der Waals surface area contributed by atoms with Crippen LogP contribution in [0, 0.1) is 0 Å². The first-order chi connectivity index (χ1) is 9.34. The Labute approximate surface area is 115 Å². The van der Waals surface area contributed by atoms with E-state index in [4.69, 9.17) is 10.5 Å². The summed E-state index contributed by atoms with van der Waals surface area (Å²) in [6, 6.07) is 4.82. The van der Waals surface area contributed by atoms with Crippen LogP contribution in [0.3, 0.4) is 0 Å². The number of rotatable bonds is 6. The van der Waals surface area contributed by atoms with Crippen molar-refractivity contribution in [3.63, 3.8) is 0 Å². The highest BCUT2D eigenvalue weighted by atomic mass is 19.4. The molecule has 1 unspecified atom stereocenters. The van der Waals surface area contributed by atoms with Gasteiger partial charge >= 0.3 is 12.1 Å². The molecule has 0 radical (unpaired) electrons. The summed E-state index contributed by atoms with van der Waals surface area (Å²) >= 11 is 0. The molecule has 0 heterocycles. The Balaban J connectivity index is 2.62. The van der Waals surface area contributed by atoms with Crippen LogP contribution in [-0.2, 0) is 22.1 Å². The Kier molecular flexibility index (Phi) is 6.01. The maximum Gasteiger partial charge on any atom is 0.416 e. The van der Waals surface area contributed by atoms with Gasteiger partial charge in [-0.1, -0.05) is 18.2 Å². The molecule has 2 N–H and O–H groups in total. The number of halogens is 3. The van der Waals surface area contributed by atoms with Crippen LogP contribution in [0.15, 0.2) is 24.3 Å². The minimum absolute atomic E-state index is 0.0785. The second-order valence-electron chi connectivity index (χ2n) is 4.46. The number of benzene rings is 1. The number of nitrogens with two attached hydrogens (primary N) is 1. The molecule has 112 valence electrons. The van der Waals surface area contributed by atoms with Crippen LogP contribution in [0.5, 0.6) is 0 Å². The molecule has 0 saturated heterocycles. The van der Waals surface area contributed by atoms with E-state index in [-0.39, 0.29) is 31.0 Å². The van der Waals surface area contributed by atoms with Gasteiger partial charge in [-0.3, -0.25) is 4.79 Å². The lowest BCUT2D eigenvalue weighted by molar-refractivity contribution is -0.143. The van der Waals surface area contributed by atoms with Crippen molar-refractivity contribution in [1.29, 1.82) is 0 Å². The number of alkyl halides is 3. The van der Waals surface area contributed by atoms with Gasteiger partial charge in [0.25, 0.3) is 0 Å². The maximum absolute atomic E-state index is 12.8. The summed E-state index contributed by atoms with van der Waals surface area (Å²) in [5.74, 6) is -0.382. The van der Waals surface area contributed by atoms with Gasteiger partial charge in [0, 0.05) is 12.5 Å². The van der Waals surface area contributed by atoms with Gasteiger partial charge in [0.2, 0.25) is 0 Å². The molecular formula is C14H18F3NO2. The number of hydrogen-bond acceptors (Lipinski definition) is 3. The monoisotopic (exact) mass is 289 g/mol. The summed E-state index contributed by atoms with van der Waals surface area (Å²) in [6.45, 7) is 1.97. The molecule has 1 aromatic rings. The zero-order valence-corrected chi connectivity index (χ0v) is 11.2. The zero-order chi connectivity index (χ0) is 15.2. The van der Waals surface area contributed by atoms with Gasteiger partial charge in [0.05, 0.1) is 12.2 Å². The fourth-order valence-electron chi connectivity index (χ4n) is 1.90. The summed E-state index contributed by atoms with van der Waals surface area (Å²) in [5, 5.41) is 0. The van der Waals surface area contributed by atoms with Crippen molar-refractivity contribution in [3.8, 4) is 0 Å². The quantitative estimate of drug-likeness (QED) is 0.819. The Hall–Kier alpha value is -1.56. The van der Waals surface area contributed by atoms with E-state index in [1.54, 1.807) is 13.0 Å². The highest BCUT2D eigenvalue weighted by molar-refractivity contribution is 5.69. The lowest BCUT2D eigenvalue weighted by atomic mass is 9.98. The van der Waals surface area contributed by atoms with Crippen molar-refractivity contribution < 1.29 is 22.7 Å². The molecule has 0 spiro atoms. The van der Waals surface area contributed by atoms with E-state index in [9.17, 15) is 18.0 Å². The van der Waals surface area contributed by atoms with Crippen molar-refractivity contribution in [2.24, 2.45) is 5.73 Å². The van der Waals surface area contributed by atoms with Crippen molar-refractivity contribution in [2.45, 2.75) is 38.4 Å². The minimum atomic E-state index is -4.39. The van der Waals surface area contributed by atoms with Crippen LogP contribution < -0.4 is 5.73 Å². The van der Waals surface area contributed by atoms with Gasteiger partial charge in [-0.05, 0) is 31.4 Å². The van der Waals surface area contributed by atoms with E-state index in [0.29, 0.717) is 6.42 Å². The highest BCUT2D eigenvalue weighted by Gasteiger charge is 2.33. The van der Waals surface area contributed by atoms with Crippen LogP contribution >= 0.6 is 0 Å². The molecule has 0 aliphatic carbocycles. The third-order valence-corrected chi connectivity index (χ3v) is 2.83. The van der Waals surface area contributed by atoms with Crippen LogP contribution in [0.4, 0.5) is 13.2 Å². The normalized spacial score (nSPS) is 13.1. The zero-order valence-electron chi connectivity index (χ0n) is 11.2. The second-order valence-corrected chi connectivity index (χ2v) is 4.46. The maximum atomic E-state index is 12.8. The predicted octanol–water partition coefficient (Wildman–Crippen LogP) is 2.92. The van der Waals surface area contributed by atoms with Crippen molar-refractivity contribution >= 4 is 5.97 Å². The molecule has 0 bridgehead atoms. The highest BCUT2D eigenvalue weighted by Crippen LogP contribution is 2.32. The van der Waals surface area contributed by atoms with E-state index < -0.39 is 17.8 Å². The standard InChI is InChI=1S/C14H18F3NO2/c1-2-20-13(19)8-7-11(18)9-10-5-3-4-6-12(10)14(15,16)17/h3-6,11H,2,7-9,18H2,1H3. The smallest absolute Gasteiger partial charge is 0.416 e. The molecule has 0 aliphatic rings. The third kappa shape index (κ3) is 5.21. The number of ether oxygens (including phenoxy) is 1. The van der Waals surface area contributed by atoms with Gasteiger partial charge in [-0.15, -0.1) is 0 Å². The molecule has 0 amide bonds. The lowest BCUT2D eigenvalue weighted by Gasteiger charge is -2.16. The first kappa shape index (κ1) is 16.5. The first-order valence-electron chi connectivity index (χ1n) is 6.41. The van der Waals surface area contributed by atoms with Crippen molar-refractivity contribution in [3.05, 3.63) is 35.4 Å². The molecule has 6 heteroatoms. The molecule has 0 aliphatic heterocycles. The molecular weight excluding hydrogens is 271 g/mol. The van der Waals surface area contributed by atoms with E-state index in [1.165, 1.54) is 12.1 Å². The van der Waals surface area contributed by atoms with Crippen LogP contribution in [0.1, 0.15) is 30.9 Å². The fraction of sp³-hybridized carbons (Fsp3) is 0.500. The SMILES string of the molecule is CCOC(=O)CCC(N)Cc1ccccc1C(F)(F)F. The molecule has 1 atom stereocenters. The second kappa shape index (κ2) is 7.28. The number of esters is 1. The molecule has 0 fully saturated rings. The van der Waals surface area contributed by atoms with Gasteiger partial charge in [-0.2, -0.15) is 13.2 Å². The average Bonchev–Trinajstić information content (AvgIpc) is 2.36. The van der Waals surface area contributed by atoms with E-state index in [2.05, 4.69) is 0 Å². The molecule has 3 nitrogen and oxygen atoms in total. The van der Waals surface area contributed by atoms with Crippen LogP contribution in [0.2, 0.25) is 0 Å². The Morgan fingerprint density at radius 2 is 2.00 bits per heavy atom. The Bertz CT molecular complexity index is 446. The van der Waals surface area contributed by atoms with Crippen LogP contribution in [0.25, 0.3) is 0 Å². The number of hydrogen-bond donors (Lipinski definition) is 1. The summed E-state index contributed by atoms with van der Waals surface area (Å²) < 4.78 is 43.1. The van der Waals surface area contributed by atoms with Crippen molar-refractivity contribution in [1.82, 2.24) is 0 Å². The van der Waals surface area contributed by atoms with Crippen molar-refractivity contribution in [2.75, 3.05) is 6.61 Å².